The van der Waals surface area contributed by atoms with E-state index in [0.717, 1.165) is 0 Å². The predicted molar refractivity (Wildman–Crippen MR) is 28.1 cm³/mol. The van der Waals surface area contributed by atoms with Crippen LogP contribution in [0.5, 0.6) is 0 Å². The summed E-state index contributed by atoms with van der Waals surface area (Å²) in [7, 11) is 0. The molecular formula is H4N4NaO4. The Morgan fingerprint density at radius 1 is 1.00 bits per heavy atom. The SMILES string of the molecule is N[N+](=O)[O-].N[N+](=O)[O-].[Na]. The third kappa shape index (κ3) is 599. The van der Waals surface area contributed by atoms with Crippen LogP contribution in [0.4, 0.5) is 0 Å². The predicted octanol–water partition coefficient (Wildman–Crippen LogP) is -2.11. The van der Waals surface area contributed by atoms with Gasteiger partial charge < -0.3 is 0 Å². The van der Waals surface area contributed by atoms with Gasteiger partial charge in [0, 0.05) is 29.6 Å². The second kappa shape index (κ2) is 10.4. The maximum Gasteiger partial charge on any atom is 0.154 e. The zero-order valence-corrected chi connectivity index (χ0v) is 6.68. The first-order valence-corrected chi connectivity index (χ1v) is 1.25. The van der Waals surface area contributed by atoms with Gasteiger partial charge in [0.25, 0.3) is 0 Å². The van der Waals surface area contributed by atoms with Crippen LogP contribution in [0.3, 0.4) is 0 Å². The number of hydrogen-bond acceptors (Lipinski definition) is 4. The van der Waals surface area contributed by atoms with Crippen LogP contribution in [-0.2, 0) is 0 Å². The number of nitrogens with zero attached hydrogens (tertiary/aromatic N) is 2. The van der Waals surface area contributed by atoms with Crippen molar-refractivity contribution in [1.29, 1.82) is 0 Å². The molecule has 0 aromatic carbocycles. The van der Waals surface area contributed by atoms with E-state index in [-0.39, 0.29) is 29.6 Å². The molecule has 4 N–H and O–H groups in total. The van der Waals surface area contributed by atoms with Crippen LogP contribution in [0.2, 0.25) is 0 Å². The molecule has 1 radical (unpaired) electrons. The van der Waals surface area contributed by atoms with E-state index in [1.807, 2.05) is 0 Å². The Balaban J connectivity index is -0.0000000720. The van der Waals surface area contributed by atoms with E-state index >= 15 is 0 Å². The summed E-state index contributed by atoms with van der Waals surface area (Å²) in [4.78, 5) is 17.2. The second-order valence-electron chi connectivity index (χ2n) is 0.571. The molecule has 0 unspecified atom stereocenters. The molecule has 0 atom stereocenters. The Kier molecular flexibility index (Phi) is 18.2. The number of hydrogen-bond donors (Lipinski definition) is 2. The van der Waals surface area contributed by atoms with Crippen molar-refractivity contribution in [3.8, 4) is 0 Å². The first-order valence-electron chi connectivity index (χ1n) is 1.25. The Bertz CT molecular complexity index is 70.6. The molecule has 0 aliphatic heterocycles. The summed E-state index contributed by atoms with van der Waals surface area (Å²) in [6, 6.07) is 0. The molecule has 0 saturated heterocycles. The molecule has 9 heavy (non-hydrogen) atoms. The number of rotatable bonds is 0. The zero-order chi connectivity index (χ0) is 7.15. The van der Waals surface area contributed by atoms with E-state index in [2.05, 4.69) is 11.7 Å². The van der Waals surface area contributed by atoms with E-state index in [0.29, 0.717) is 0 Å². The Hall–Kier alpha value is -0.600. The zero-order valence-electron chi connectivity index (χ0n) is 4.68. The van der Waals surface area contributed by atoms with E-state index < -0.39 is 10.1 Å². The average molecular weight is 147 g/mol. The van der Waals surface area contributed by atoms with Crippen LogP contribution in [0.15, 0.2) is 0 Å². The third-order valence-electron chi connectivity index (χ3n) is 0. The molecule has 49 valence electrons. The van der Waals surface area contributed by atoms with Gasteiger partial charge >= 0.3 is 0 Å². The van der Waals surface area contributed by atoms with Gasteiger partial charge in [-0.05, 0) is 0 Å². The van der Waals surface area contributed by atoms with E-state index in [4.69, 9.17) is 20.2 Å². The Morgan fingerprint density at radius 3 is 1.00 bits per heavy atom. The first kappa shape index (κ1) is 15.8. The second-order valence-corrected chi connectivity index (χ2v) is 0.571. The first-order chi connectivity index (χ1) is 3.46. The van der Waals surface area contributed by atoms with Crippen molar-refractivity contribution in [1.82, 2.24) is 0 Å². The molecule has 0 aromatic rings. The molecule has 0 rings (SSSR count). The van der Waals surface area contributed by atoms with Crippen molar-refractivity contribution in [2.45, 2.75) is 0 Å². The summed E-state index contributed by atoms with van der Waals surface area (Å²) in [6.07, 6.45) is 0. The summed E-state index contributed by atoms with van der Waals surface area (Å²) in [6.45, 7) is 0. The van der Waals surface area contributed by atoms with Crippen molar-refractivity contribution in [2.75, 3.05) is 0 Å². The van der Waals surface area contributed by atoms with Gasteiger partial charge in [0.2, 0.25) is 0 Å². The van der Waals surface area contributed by atoms with Crippen LogP contribution in [0, 0.1) is 20.2 Å². The molecule has 9 heteroatoms. The van der Waals surface area contributed by atoms with Crippen LogP contribution in [-0.4, -0.2) is 39.6 Å². The van der Waals surface area contributed by atoms with Crippen molar-refractivity contribution in [3.05, 3.63) is 20.2 Å². The fourth-order valence-corrected chi connectivity index (χ4v) is 0. The van der Waals surface area contributed by atoms with Crippen LogP contribution in [0.1, 0.15) is 0 Å². The average Bonchev–Trinajstić information content (AvgIpc) is 1.25. The fourth-order valence-electron chi connectivity index (χ4n) is 0. The van der Waals surface area contributed by atoms with Crippen LogP contribution in [0.25, 0.3) is 0 Å². The fraction of sp³-hybridized carbons (Fsp3) is 0. The van der Waals surface area contributed by atoms with Gasteiger partial charge in [0.1, 0.15) is 0 Å². The molecule has 0 saturated carbocycles. The number of hydrazine groups is 2. The summed E-state index contributed by atoms with van der Waals surface area (Å²) < 4.78 is 0. The van der Waals surface area contributed by atoms with Gasteiger partial charge in [-0.1, -0.05) is 0 Å². The van der Waals surface area contributed by atoms with E-state index in [1.165, 1.54) is 0 Å². The van der Waals surface area contributed by atoms with Crippen molar-refractivity contribution in [3.63, 3.8) is 0 Å². The summed E-state index contributed by atoms with van der Waals surface area (Å²) in [5, 5.41) is 15.2. The molecular weight excluding hydrogens is 143 g/mol. The number of nitrogens with two attached hydrogens (primary N) is 2. The normalized spacial score (nSPS) is 5.33. The molecule has 0 aliphatic rings. The minimum atomic E-state index is -1.00. The topological polar surface area (TPSA) is 138 Å². The van der Waals surface area contributed by atoms with Crippen molar-refractivity contribution in [2.24, 2.45) is 11.7 Å². The largest absolute Gasteiger partial charge is 0.235 e. The smallest absolute Gasteiger partial charge is 0.154 e. The van der Waals surface area contributed by atoms with Gasteiger partial charge in [-0.15, -0.1) is 0 Å². The molecule has 0 bridgehead atoms. The van der Waals surface area contributed by atoms with Crippen LogP contribution < -0.4 is 11.7 Å². The summed E-state index contributed by atoms with van der Waals surface area (Å²) >= 11 is 0. The minimum absolute atomic E-state index is 0. The molecule has 0 spiro atoms. The van der Waals surface area contributed by atoms with Gasteiger partial charge in [-0.2, -0.15) is 11.7 Å². The van der Waals surface area contributed by atoms with Gasteiger partial charge in [0.15, 0.2) is 10.1 Å². The van der Waals surface area contributed by atoms with Crippen molar-refractivity contribution >= 4 is 29.6 Å². The molecule has 0 aliphatic carbocycles. The van der Waals surface area contributed by atoms with E-state index in [9.17, 15) is 0 Å². The van der Waals surface area contributed by atoms with Gasteiger partial charge in [0.05, 0.1) is 0 Å². The molecule has 8 nitrogen and oxygen atoms in total. The monoisotopic (exact) mass is 147 g/mol. The third-order valence-corrected chi connectivity index (χ3v) is 0. The number of nitro groups is 2. The Labute approximate surface area is 71.7 Å². The molecule has 0 fully saturated rings. The van der Waals surface area contributed by atoms with Crippen molar-refractivity contribution < 1.29 is 10.1 Å². The molecule has 0 amide bonds. The summed E-state index contributed by atoms with van der Waals surface area (Å²) in [5.41, 5.74) is 0. The molecule has 0 heterocycles. The van der Waals surface area contributed by atoms with Crippen LogP contribution >= 0.6 is 0 Å². The standard InChI is InChI=1S/2H2N2O2.Na/c2*1-2(3)4;/h2*1H2;. The maximum absolute atomic E-state index is 8.58. The van der Waals surface area contributed by atoms with E-state index in [1.54, 1.807) is 0 Å². The van der Waals surface area contributed by atoms with Gasteiger partial charge in [-0.25, -0.2) is 20.2 Å². The minimum Gasteiger partial charge on any atom is -0.235 e. The summed E-state index contributed by atoms with van der Waals surface area (Å²) in [5.74, 6) is 7.67. The van der Waals surface area contributed by atoms with Gasteiger partial charge in [-0.3, -0.25) is 0 Å². The molecule has 0 aromatic heterocycles. The maximum atomic E-state index is 8.58. The quantitative estimate of drug-likeness (QED) is 0.174. The Morgan fingerprint density at radius 2 is 1.00 bits per heavy atom.